The Morgan fingerprint density at radius 1 is 0.952 bits per heavy atom. The number of amides is 1. The third-order valence-electron chi connectivity index (χ3n) is 3.02. The van der Waals surface area contributed by atoms with Crippen LogP contribution in [0.2, 0.25) is 0 Å². The number of carboxylic acids is 2. The van der Waals surface area contributed by atoms with Crippen LogP contribution in [0, 0.1) is 0 Å². The summed E-state index contributed by atoms with van der Waals surface area (Å²) in [6.45, 7) is 0. The highest BCUT2D eigenvalue weighted by Gasteiger charge is 2.15. The van der Waals surface area contributed by atoms with E-state index in [2.05, 4.69) is 5.32 Å². The molecule has 0 radical (unpaired) electrons. The highest BCUT2D eigenvalue weighted by molar-refractivity contribution is 5.94. The van der Waals surface area contributed by atoms with E-state index >= 15 is 0 Å². The summed E-state index contributed by atoms with van der Waals surface area (Å²) >= 11 is 0. The number of rotatable bonds is 9. The lowest BCUT2D eigenvalue weighted by molar-refractivity contribution is -0.138. The van der Waals surface area contributed by atoms with Crippen molar-refractivity contribution >= 4 is 17.8 Å². The molecule has 6 nitrogen and oxygen atoms in total. The number of carbonyl (C=O) groups excluding carboxylic acids is 1. The van der Waals surface area contributed by atoms with Crippen LogP contribution in [0.3, 0.4) is 0 Å². The Hall–Kier alpha value is -2.37. The fourth-order valence-electron chi connectivity index (χ4n) is 1.94. The zero-order valence-electron chi connectivity index (χ0n) is 11.6. The maximum Gasteiger partial charge on any atom is 0.303 e. The van der Waals surface area contributed by atoms with Crippen molar-refractivity contribution in [2.24, 2.45) is 0 Å². The molecule has 1 aromatic carbocycles. The molecular formula is C15H19NO5. The van der Waals surface area contributed by atoms with E-state index in [0.29, 0.717) is 18.4 Å². The van der Waals surface area contributed by atoms with Crippen molar-refractivity contribution in [1.82, 2.24) is 5.32 Å². The van der Waals surface area contributed by atoms with Crippen LogP contribution in [0.15, 0.2) is 30.3 Å². The van der Waals surface area contributed by atoms with Gasteiger partial charge in [-0.25, -0.2) is 0 Å². The van der Waals surface area contributed by atoms with Crippen LogP contribution in [0.1, 0.15) is 42.5 Å². The summed E-state index contributed by atoms with van der Waals surface area (Å²) in [7, 11) is 0. The van der Waals surface area contributed by atoms with E-state index in [-0.39, 0.29) is 31.2 Å². The van der Waals surface area contributed by atoms with Crippen molar-refractivity contribution in [1.29, 1.82) is 0 Å². The fraction of sp³-hybridized carbons (Fsp3) is 0.400. The Bertz CT molecular complexity index is 486. The van der Waals surface area contributed by atoms with Crippen molar-refractivity contribution in [3.8, 4) is 0 Å². The molecule has 0 bridgehead atoms. The maximum absolute atomic E-state index is 12.0. The smallest absolute Gasteiger partial charge is 0.303 e. The van der Waals surface area contributed by atoms with Crippen molar-refractivity contribution in [2.75, 3.05) is 0 Å². The summed E-state index contributed by atoms with van der Waals surface area (Å²) in [5, 5.41) is 20.1. The van der Waals surface area contributed by atoms with Gasteiger partial charge in [-0.3, -0.25) is 14.4 Å². The zero-order chi connectivity index (χ0) is 15.7. The van der Waals surface area contributed by atoms with Gasteiger partial charge in [0.2, 0.25) is 0 Å². The first kappa shape index (κ1) is 16.7. The Labute approximate surface area is 122 Å². The molecule has 1 rings (SSSR count). The Balaban J connectivity index is 2.56. The van der Waals surface area contributed by atoms with Gasteiger partial charge < -0.3 is 15.5 Å². The van der Waals surface area contributed by atoms with Crippen LogP contribution in [0.5, 0.6) is 0 Å². The summed E-state index contributed by atoms with van der Waals surface area (Å²) in [4.78, 5) is 33.2. The molecule has 0 aliphatic carbocycles. The van der Waals surface area contributed by atoms with Gasteiger partial charge in [-0.15, -0.1) is 0 Å². The molecule has 0 spiro atoms. The molecule has 21 heavy (non-hydrogen) atoms. The van der Waals surface area contributed by atoms with Crippen molar-refractivity contribution in [3.63, 3.8) is 0 Å². The highest BCUT2D eigenvalue weighted by atomic mass is 16.4. The number of nitrogens with one attached hydrogen (secondary N) is 1. The predicted molar refractivity (Wildman–Crippen MR) is 76.1 cm³/mol. The van der Waals surface area contributed by atoms with E-state index in [0.717, 1.165) is 0 Å². The van der Waals surface area contributed by atoms with E-state index in [9.17, 15) is 14.4 Å². The van der Waals surface area contributed by atoms with Gasteiger partial charge in [0.25, 0.3) is 5.91 Å². The number of hydrogen-bond donors (Lipinski definition) is 3. The number of hydrogen-bond acceptors (Lipinski definition) is 3. The molecule has 0 aliphatic heterocycles. The van der Waals surface area contributed by atoms with Crippen molar-refractivity contribution in [2.45, 2.75) is 38.1 Å². The van der Waals surface area contributed by atoms with Gasteiger partial charge in [-0.2, -0.15) is 0 Å². The minimum Gasteiger partial charge on any atom is -0.481 e. The summed E-state index contributed by atoms with van der Waals surface area (Å²) in [6.07, 6.45) is 1.07. The number of aliphatic carboxylic acids is 2. The molecule has 0 aliphatic rings. The third-order valence-corrected chi connectivity index (χ3v) is 3.02. The molecule has 114 valence electrons. The van der Waals surface area contributed by atoms with Crippen molar-refractivity contribution < 1.29 is 24.6 Å². The van der Waals surface area contributed by atoms with Gasteiger partial charge in [-0.05, 0) is 31.4 Å². The number of carbonyl (C=O) groups is 3. The molecule has 1 unspecified atom stereocenters. The molecule has 3 N–H and O–H groups in total. The van der Waals surface area contributed by atoms with Gasteiger partial charge in [0.1, 0.15) is 0 Å². The van der Waals surface area contributed by atoms with Crippen LogP contribution in [0.25, 0.3) is 0 Å². The third kappa shape index (κ3) is 7.10. The maximum atomic E-state index is 12.0. The minimum atomic E-state index is -0.938. The second kappa shape index (κ2) is 8.73. The average molecular weight is 293 g/mol. The second-order valence-corrected chi connectivity index (χ2v) is 4.75. The van der Waals surface area contributed by atoms with E-state index in [4.69, 9.17) is 10.2 Å². The van der Waals surface area contributed by atoms with Crippen LogP contribution >= 0.6 is 0 Å². The number of benzene rings is 1. The minimum absolute atomic E-state index is 0.00474. The van der Waals surface area contributed by atoms with Crippen LogP contribution in [-0.2, 0) is 9.59 Å². The Morgan fingerprint density at radius 3 is 2.14 bits per heavy atom. The second-order valence-electron chi connectivity index (χ2n) is 4.75. The monoisotopic (exact) mass is 293 g/mol. The van der Waals surface area contributed by atoms with Crippen LogP contribution in [-0.4, -0.2) is 34.1 Å². The molecule has 6 heteroatoms. The standard InChI is InChI=1S/C15H19NO5/c17-13(18)8-4-7-12(9-10-14(19)20)16-15(21)11-5-2-1-3-6-11/h1-3,5-6,12H,4,7-10H2,(H,16,21)(H,17,18)(H,19,20). The van der Waals surface area contributed by atoms with Crippen LogP contribution < -0.4 is 5.32 Å². The summed E-state index contributed by atoms with van der Waals surface area (Å²) in [5.74, 6) is -2.12. The van der Waals surface area contributed by atoms with E-state index in [1.807, 2.05) is 0 Å². The normalized spacial score (nSPS) is 11.6. The molecule has 0 saturated heterocycles. The quantitative estimate of drug-likeness (QED) is 0.645. The van der Waals surface area contributed by atoms with Crippen molar-refractivity contribution in [3.05, 3.63) is 35.9 Å². The van der Waals surface area contributed by atoms with E-state index in [1.54, 1.807) is 30.3 Å². The molecule has 0 aromatic heterocycles. The lowest BCUT2D eigenvalue weighted by Crippen LogP contribution is -2.35. The molecule has 1 amide bonds. The average Bonchev–Trinajstić information content (AvgIpc) is 2.45. The largest absolute Gasteiger partial charge is 0.481 e. The molecular weight excluding hydrogens is 274 g/mol. The Kier molecular flexibility index (Phi) is 6.94. The highest BCUT2D eigenvalue weighted by Crippen LogP contribution is 2.09. The molecule has 0 fully saturated rings. The Morgan fingerprint density at radius 2 is 1.57 bits per heavy atom. The first-order valence-corrected chi connectivity index (χ1v) is 6.78. The molecule has 1 aromatic rings. The first-order chi connectivity index (χ1) is 9.99. The van der Waals surface area contributed by atoms with E-state index < -0.39 is 11.9 Å². The molecule has 0 saturated carbocycles. The summed E-state index contributed by atoms with van der Waals surface area (Å²) < 4.78 is 0. The molecule has 1 atom stereocenters. The fourth-order valence-corrected chi connectivity index (χ4v) is 1.94. The lowest BCUT2D eigenvalue weighted by Gasteiger charge is -2.17. The SMILES string of the molecule is O=C(O)CCCC(CCC(=O)O)NC(=O)c1ccccc1. The predicted octanol–water partition coefficient (Wildman–Crippen LogP) is 1.90. The van der Waals surface area contributed by atoms with Gasteiger partial charge in [0.05, 0.1) is 0 Å². The lowest BCUT2D eigenvalue weighted by atomic mass is 10.0. The van der Waals surface area contributed by atoms with E-state index in [1.165, 1.54) is 0 Å². The summed E-state index contributed by atoms with van der Waals surface area (Å²) in [5.41, 5.74) is 0.496. The summed E-state index contributed by atoms with van der Waals surface area (Å²) in [6, 6.07) is 8.28. The van der Waals surface area contributed by atoms with Gasteiger partial charge >= 0.3 is 11.9 Å². The zero-order valence-corrected chi connectivity index (χ0v) is 11.6. The van der Waals surface area contributed by atoms with Gasteiger partial charge in [0, 0.05) is 24.4 Å². The first-order valence-electron chi connectivity index (χ1n) is 6.78. The van der Waals surface area contributed by atoms with Gasteiger partial charge in [-0.1, -0.05) is 18.2 Å². The molecule has 0 heterocycles. The topological polar surface area (TPSA) is 104 Å². The van der Waals surface area contributed by atoms with Crippen LogP contribution in [0.4, 0.5) is 0 Å². The number of carboxylic acid groups (broad SMARTS) is 2. The van der Waals surface area contributed by atoms with Gasteiger partial charge in [0.15, 0.2) is 0 Å².